The Bertz CT molecular complexity index is 907. The van der Waals surface area contributed by atoms with Gasteiger partial charge in [0.15, 0.2) is 0 Å². The van der Waals surface area contributed by atoms with Gasteiger partial charge < -0.3 is 10.6 Å². The lowest BCUT2D eigenvalue weighted by Crippen LogP contribution is -2.43. The number of nitro benzene ring substituents is 1. The van der Waals surface area contributed by atoms with E-state index in [9.17, 15) is 19.7 Å². The number of para-hydroxylation sites is 2. The molecule has 28 heavy (non-hydrogen) atoms. The molecule has 1 unspecified atom stereocenters. The predicted molar refractivity (Wildman–Crippen MR) is 109 cm³/mol. The molecule has 2 aromatic carbocycles. The molecule has 0 saturated heterocycles. The monoisotopic (exact) mass is 424 g/mol. The zero-order chi connectivity index (χ0) is 20.8. The molecule has 2 aromatic rings. The molecule has 2 amide bonds. The lowest BCUT2D eigenvalue weighted by atomic mass is 10.2. The number of amides is 2. The summed E-state index contributed by atoms with van der Waals surface area (Å²) in [6.45, 7) is 1.52. The molecule has 2 N–H and O–H groups in total. The SMILES string of the molecule is CC(C(=O)Nc1ccccc1[N+](=O)[O-])N(C)CC(=O)Nc1ccc(Cl)c(Cl)c1. The summed E-state index contributed by atoms with van der Waals surface area (Å²) in [6.07, 6.45) is 0. The Labute approximate surface area is 171 Å². The van der Waals surface area contributed by atoms with E-state index in [1.165, 1.54) is 29.2 Å². The van der Waals surface area contributed by atoms with Gasteiger partial charge in [-0.05, 0) is 38.2 Å². The van der Waals surface area contributed by atoms with Crippen molar-refractivity contribution in [1.29, 1.82) is 0 Å². The minimum absolute atomic E-state index is 0.0777. The van der Waals surface area contributed by atoms with Gasteiger partial charge in [-0.15, -0.1) is 0 Å². The van der Waals surface area contributed by atoms with Crippen molar-refractivity contribution in [3.05, 3.63) is 62.6 Å². The number of carbonyl (C=O) groups is 2. The minimum Gasteiger partial charge on any atom is -0.325 e. The molecule has 1 atom stereocenters. The molecule has 10 heteroatoms. The Hall–Kier alpha value is -2.68. The molecule has 8 nitrogen and oxygen atoms in total. The molecule has 0 fully saturated rings. The number of likely N-dealkylation sites (N-methyl/N-ethyl adjacent to an activating group) is 1. The summed E-state index contributed by atoms with van der Waals surface area (Å²) < 4.78 is 0. The molecular weight excluding hydrogens is 407 g/mol. The molecular formula is C18H18Cl2N4O4. The molecule has 0 aliphatic carbocycles. The summed E-state index contributed by atoms with van der Waals surface area (Å²) in [6, 6.07) is 9.82. The summed E-state index contributed by atoms with van der Waals surface area (Å²) in [5, 5.41) is 16.9. The van der Waals surface area contributed by atoms with Crippen LogP contribution in [0.2, 0.25) is 10.0 Å². The number of hydrogen-bond acceptors (Lipinski definition) is 5. The largest absolute Gasteiger partial charge is 0.325 e. The van der Waals surface area contributed by atoms with Crippen molar-refractivity contribution < 1.29 is 14.5 Å². The van der Waals surface area contributed by atoms with Gasteiger partial charge in [-0.25, -0.2) is 0 Å². The van der Waals surface area contributed by atoms with Crippen LogP contribution in [0, 0.1) is 10.1 Å². The van der Waals surface area contributed by atoms with Gasteiger partial charge in [0.2, 0.25) is 11.8 Å². The third-order valence-corrected chi connectivity index (χ3v) is 4.73. The third kappa shape index (κ3) is 5.66. The van der Waals surface area contributed by atoms with E-state index in [0.29, 0.717) is 15.7 Å². The van der Waals surface area contributed by atoms with Crippen LogP contribution in [0.3, 0.4) is 0 Å². The highest BCUT2D eigenvalue weighted by atomic mass is 35.5. The summed E-state index contributed by atoms with van der Waals surface area (Å²) in [4.78, 5) is 36.6. The molecule has 148 valence electrons. The maximum Gasteiger partial charge on any atom is 0.292 e. The normalized spacial score (nSPS) is 11.8. The Morgan fingerprint density at radius 3 is 2.46 bits per heavy atom. The van der Waals surface area contributed by atoms with Crippen LogP contribution in [0.15, 0.2) is 42.5 Å². The Balaban J connectivity index is 1.96. The van der Waals surface area contributed by atoms with Gasteiger partial charge in [0.05, 0.1) is 27.6 Å². The van der Waals surface area contributed by atoms with Crippen molar-refractivity contribution in [2.24, 2.45) is 0 Å². The molecule has 2 rings (SSSR count). The molecule has 0 heterocycles. The topological polar surface area (TPSA) is 105 Å². The minimum atomic E-state index is -0.709. The molecule has 0 aromatic heterocycles. The van der Waals surface area contributed by atoms with Gasteiger partial charge in [0.1, 0.15) is 5.69 Å². The van der Waals surface area contributed by atoms with E-state index in [0.717, 1.165) is 0 Å². The molecule has 0 aliphatic heterocycles. The average Bonchev–Trinajstić information content (AvgIpc) is 2.64. The highest BCUT2D eigenvalue weighted by Gasteiger charge is 2.23. The Morgan fingerprint density at radius 2 is 1.82 bits per heavy atom. The van der Waals surface area contributed by atoms with Crippen LogP contribution in [0.25, 0.3) is 0 Å². The zero-order valence-corrected chi connectivity index (χ0v) is 16.6. The molecule has 0 radical (unpaired) electrons. The first-order valence-corrected chi connectivity index (χ1v) is 8.94. The number of benzene rings is 2. The lowest BCUT2D eigenvalue weighted by molar-refractivity contribution is -0.383. The number of carbonyl (C=O) groups excluding carboxylic acids is 2. The summed E-state index contributed by atoms with van der Waals surface area (Å²) in [5.74, 6) is -0.828. The van der Waals surface area contributed by atoms with Gasteiger partial charge in [0.25, 0.3) is 5.69 Å². The second-order valence-corrected chi connectivity index (χ2v) is 6.85. The van der Waals surface area contributed by atoms with Crippen LogP contribution in [0.5, 0.6) is 0 Å². The summed E-state index contributed by atoms with van der Waals surface area (Å²) >= 11 is 11.7. The second-order valence-electron chi connectivity index (χ2n) is 6.03. The van der Waals surface area contributed by atoms with Crippen molar-refractivity contribution in [1.82, 2.24) is 4.90 Å². The quantitative estimate of drug-likeness (QED) is 0.519. The number of anilines is 2. The first-order valence-electron chi connectivity index (χ1n) is 8.18. The Morgan fingerprint density at radius 1 is 1.14 bits per heavy atom. The lowest BCUT2D eigenvalue weighted by Gasteiger charge is -2.23. The van der Waals surface area contributed by atoms with Crippen molar-refractivity contribution >= 4 is 52.1 Å². The highest BCUT2D eigenvalue weighted by molar-refractivity contribution is 6.42. The van der Waals surface area contributed by atoms with Gasteiger partial charge in [0, 0.05) is 11.8 Å². The van der Waals surface area contributed by atoms with Gasteiger partial charge >= 0.3 is 0 Å². The van der Waals surface area contributed by atoms with Crippen LogP contribution < -0.4 is 10.6 Å². The molecule has 0 spiro atoms. The zero-order valence-electron chi connectivity index (χ0n) is 15.1. The standard InChI is InChI=1S/C18H18Cl2N4O4/c1-11(18(26)22-15-5-3-4-6-16(15)24(27)28)23(2)10-17(25)21-12-7-8-13(19)14(20)9-12/h3-9,11H,10H2,1-2H3,(H,21,25)(H,22,26). The second kappa shape index (κ2) is 9.50. The fraction of sp³-hybridized carbons (Fsp3) is 0.222. The van der Waals surface area contributed by atoms with Crippen LogP contribution in [-0.2, 0) is 9.59 Å². The fourth-order valence-electron chi connectivity index (χ4n) is 2.31. The van der Waals surface area contributed by atoms with Gasteiger partial charge in [-0.3, -0.25) is 24.6 Å². The highest BCUT2D eigenvalue weighted by Crippen LogP contribution is 2.25. The number of rotatable bonds is 7. The van der Waals surface area contributed by atoms with Crippen LogP contribution >= 0.6 is 23.2 Å². The van der Waals surface area contributed by atoms with E-state index in [1.807, 2.05) is 0 Å². The molecule has 0 bridgehead atoms. The van der Waals surface area contributed by atoms with Gasteiger partial charge in [-0.2, -0.15) is 0 Å². The van der Waals surface area contributed by atoms with E-state index in [4.69, 9.17) is 23.2 Å². The number of nitrogens with one attached hydrogen (secondary N) is 2. The van der Waals surface area contributed by atoms with Crippen molar-refractivity contribution in [2.75, 3.05) is 24.2 Å². The van der Waals surface area contributed by atoms with E-state index in [1.54, 1.807) is 32.2 Å². The van der Waals surface area contributed by atoms with Crippen molar-refractivity contribution in [3.63, 3.8) is 0 Å². The van der Waals surface area contributed by atoms with E-state index >= 15 is 0 Å². The predicted octanol–water partition coefficient (Wildman–Crippen LogP) is 3.80. The third-order valence-electron chi connectivity index (χ3n) is 4.00. The molecule has 0 aliphatic rings. The number of nitro groups is 1. The smallest absolute Gasteiger partial charge is 0.292 e. The van der Waals surface area contributed by atoms with E-state index in [-0.39, 0.29) is 23.8 Å². The summed E-state index contributed by atoms with van der Waals surface area (Å²) in [7, 11) is 1.60. The maximum absolute atomic E-state index is 12.4. The number of nitrogens with zero attached hydrogens (tertiary/aromatic N) is 2. The molecule has 0 saturated carbocycles. The van der Waals surface area contributed by atoms with E-state index in [2.05, 4.69) is 10.6 Å². The number of halogens is 2. The average molecular weight is 425 g/mol. The fourth-order valence-corrected chi connectivity index (χ4v) is 2.61. The van der Waals surface area contributed by atoms with Crippen molar-refractivity contribution in [3.8, 4) is 0 Å². The van der Waals surface area contributed by atoms with Gasteiger partial charge in [-0.1, -0.05) is 35.3 Å². The van der Waals surface area contributed by atoms with Crippen LogP contribution in [0.4, 0.5) is 17.1 Å². The van der Waals surface area contributed by atoms with Crippen LogP contribution in [0.1, 0.15) is 6.92 Å². The van der Waals surface area contributed by atoms with E-state index < -0.39 is 16.9 Å². The first-order chi connectivity index (χ1) is 13.2. The summed E-state index contributed by atoms with van der Waals surface area (Å²) in [5.41, 5.74) is 0.367. The number of hydrogen-bond donors (Lipinski definition) is 2. The first kappa shape index (κ1) is 21.6. The Kier molecular flexibility index (Phi) is 7.33. The van der Waals surface area contributed by atoms with Crippen molar-refractivity contribution in [2.45, 2.75) is 13.0 Å². The maximum atomic E-state index is 12.4. The van der Waals surface area contributed by atoms with Crippen LogP contribution in [-0.4, -0.2) is 41.3 Å².